The Kier molecular flexibility index (Phi) is 3.09. The smallest absolute Gasteiger partial charge is 0.269 e. The lowest BCUT2D eigenvalue weighted by molar-refractivity contribution is -0.384. The molecule has 0 radical (unpaired) electrons. The number of non-ortho nitro benzene ring substituents is 1. The molecule has 0 saturated heterocycles. The number of benzene rings is 1. The summed E-state index contributed by atoms with van der Waals surface area (Å²) < 4.78 is 2.37. The van der Waals surface area contributed by atoms with Crippen molar-refractivity contribution in [2.75, 3.05) is 5.73 Å². The van der Waals surface area contributed by atoms with Crippen molar-refractivity contribution in [1.29, 1.82) is 0 Å². The number of imidazole rings is 1. The van der Waals surface area contributed by atoms with Crippen LogP contribution in [0.3, 0.4) is 0 Å². The molecule has 0 aliphatic rings. The van der Waals surface area contributed by atoms with Crippen molar-refractivity contribution in [2.45, 2.75) is 6.92 Å². The van der Waals surface area contributed by atoms with Crippen LogP contribution in [-0.4, -0.2) is 19.3 Å². The highest BCUT2D eigenvalue weighted by Gasteiger charge is 2.16. The van der Waals surface area contributed by atoms with E-state index >= 15 is 0 Å². The average molecular weight is 348 g/mol. The second kappa shape index (κ2) is 4.81. The molecule has 0 aliphatic heterocycles. The predicted molar refractivity (Wildman–Crippen MR) is 81.9 cm³/mol. The van der Waals surface area contributed by atoms with Crippen molar-refractivity contribution < 1.29 is 4.92 Å². The van der Waals surface area contributed by atoms with Gasteiger partial charge in [0.1, 0.15) is 15.9 Å². The van der Waals surface area contributed by atoms with Crippen LogP contribution in [0, 0.1) is 17.0 Å². The lowest BCUT2D eigenvalue weighted by Crippen LogP contribution is -2.01. The molecular formula is C13H10BrN5O2. The summed E-state index contributed by atoms with van der Waals surface area (Å²) in [5, 5.41) is 10.7. The van der Waals surface area contributed by atoms with Gasteiger partial charge in [0, 0.05) is 29.5 Å². The van der Waals surface area contributed by atoms with E-state index in [2.05, 4.69) is 25.9 Å². The van der Waals surface area contributed by atoms with Gasteiger partial charge < -0.3 is 5.73 Å². The van der Waals surface area contributed by atoms with Crippen molar-refractivity contribution in [3.05, 3.63) is 50.7 Å². The van der Waals surface area contributed by atoms with Gasteiger partial charge in [-0.2, -0.15) is 0 Å². The van der Waals surface area contributed by atoms with Crippen LogP contribution in [0.2, 0.25) is 0 Å². The van der Waals surface area contributed by atoms with E-state index in [9.17, 15) is 10.1 Å². The van der Waals surface area contributed by atoms with E-state index in [0.717, 1.165) is 11.1 Å². The van der Waals surface area contributed by atoms with Crippen LogP contribution in [0.15, 0.2) is 35.1 Å². The molecular weight excluding hydrogens is 338 g/mol. The van der Waals surface area contributed by atoms with Crippen LogP contribution in [0.1, 0.15) is 5.56 Å². The zero-order valence-electron chi connectivity index (χ0n) is 10.9. The number of hydrogen-bond acceptors (Lipinski definition) is 5. The monoisotopic (exact) mass is 347 g/mol. The topological polar surface area (TPSA) is 99.3 Å². The second-order valence-electron chi connectivity index (χ2n) is 4.51. The van der Waals surface area contributed by atoms with Gasteiger partial charge in [0.2, 0.25) is 5.95 Å². The Morgan fingerprint density at radius 1 is 1.33 bits per heavy atom. The molecule has 2 N–H and O–H groups in total. The number of nitrogens with two attached hydrogens (primary N) is 1. The number of hydrogen-bond donors (Lipinski definition) is 1. The maximum Gasteiger partial charge on any atom is 0.269 e. The molecule has 0 unspecified atom stereocenters. The van der Waals surface area contributed by atoms with Gasteiger partial charge in [-0.15, -0.1) is 0 Å². The van der Waals surface area contributed by atoms with Crippen molar-refractivity contribution in [1.82, 2.24) is 14.4 Å². The van der Waals surface area contributed by atoms with Crippen molar-refractivity contribution in [3.8, 4) is 11.3 Å². The average Bonchev–Trinajstić information content (AvgIpc) is 2.82. The molecule has 0 spiro atoms. The van der Waals surface area contributed by atoms with Gasteiger partial charge in [-0.05, 0) is 35.0 Å². The summed E-state index contributed by atoms with van der Waals surface area (Å²) in [6.07, 6.45) is 1.66. The summed E-state index contributed by atoms with van der Waals surface area (Å²) in [5.74, 6) is 0.322. The third-order valence-electron chi connectivity index (χ3n) is 3.15. The van der Waals surface area contributed by atoms with Gasteiger partial charge in [0.05, 0.1) is 4.92 Å². The summed E-state index contributed by atoms with van der Waals surface area (Å²) in [6.45, 7) is 1.89. The van der Waals surface area contributed by atoms with Crippen LogP contribution >= 0.6 is 15.9 Å². The first-order valence-electron chi connectivity index (χ1n) is 6.03. The van der Waals surface area contributed by atoms with Gasteiger partial charge in [-0.3, -0.25) is 14.5 Å². The molecule has 8 heteroatoms. The molecule has 0 bridgehead atoms. The molecule has 0 fully saturated rings. The molecule has 0 aliphatic carbocycles. The number of fused-ring (bicyclic) bond motifs is 1. The first-order chi connectivity index (χ1) is 9.99. The fourth-order valence-electron chi connectivity index (χ4n) is 2.08. The number of rotatable bonds is 2. The predicted octanol–water partition coefficient (Wildman–Crippen LogP) is 2.96. The summed E-state index contributed by atoms with van der Waals surface area (Å²) in [7, 11) is 0. The lowest BCUT2D eigenvalue weighted by atomic mass is 10.1. The number of aryl methyl sites for hydroxylation is 1. The summed E-state index contributed by atoms with van der Waals surface area (Å²) >= 11 is 3.47. The van der Waals surface area contributed by atoms with Crippen molar-refractivity contribution >= 4 is 33.2 Å². The molecule has 2 aromatic heterocycles. The molecule has 3 aromatic rings. The Hall–Kier alpha value is -2.48. The highest BCUT2D eigenvalue weighted by molar-refractivity contribution is 9.10. The molecule has 7 nitrogen and oxygen atoms in total. The van der Waals surface area contributed by atoms with Crippen LogP contribution in [0.4, 0.5) is 11.6 Å². The summed E-state index contributed by atoms with van der Waals surface area (Å²) in [4.78, 5) is 18.9. The van der Waals surface area contributed by atoms with Crippen LogP contribution in [-0.2, 0) is 0 Å². The van der Waals surface area contributed by atoms with Crippen molar-refractivity contribution in [3.63, 3.8) is 0 Å². The van der Waals surface area contributed by atoms with Gasteiger partial charge in [0.15, 0.2) is 0 Å². The Balaban J connectivity index is 2.21. The van der Waals surface area contributed by atoms with Gasteiger partial charge in [0.25, 0.3) is 5.69 Å². The van der Waals surface area contributed by atoms with E-state index in [1.54, 1.807) is 22.7 Å². The molecule has 2 heterocycles. The minimum Gasteiger partial charge on any atom is -0.369 e. The van der Waals surface area contributed by atoms with E-state index in [1.807, 2.05) is 6.92 Å². The van der Waals surface area contributed by atoms with E-state index in [4.69, 9.17) is 5.73 Å². The van der Waals surface area contributed by atoms with Crippen LogP contribution in [0.5, 0.6) is 0 Å². The van der Waals surface area contributed by atoms with E-state index < -0.39 is 4.92 Å². The quantitative estimate of drug-likeness (QED) is 0.567. The summed E-state index contributed by atoms with van der Waals surface area (Å²) in [6, 6.07) is 6.20. The second-order valence-corrected chi connectivity index (χ2v) is 5.26. The summed E-state index contributed by atoms with van der Waals surface area (Å²) in [5.41, 5.74) is 8.91. The number of nitrogens with zero attached hydrogens (tertiary/aromatic N) is 4. The zero-order valence-corrected chi connectivity index (χ0v) is 12.5. The molecule has 1 aromatic carbocycles. The number of nitrogen functional groups attached to an aromatic ring is 1. The third kappa shape index (κ3) is 2.13. The highest BCUT2D eigenvalue weighted by atomic mass is 79.9. The first-order valence-corrected chi connectivity index (χ1v) is 6.82. The molecule has 106 valence electrons. The fourth-order valence-corrected chi connectivity index (χ4v) is 2.74. The largest absolute Gasteiger partial charge is 0.369 e. The standard InChI is InChI=1S/C13H10BrN5O2/c1-7-6-16-13(15)18-11(14)10(17-12(7)18)8-2-4-9(5-3-8)19(20)21/h2-6H,1H3,(H2,15,16). The first kappa shape index (κ1) is 13.5. The van der Waals surface area contributed by atoms with E-state index in [1.165, 1.54) is 12.1 Å². The highest BCUT2D eigenvalue weighted by Crippen LogP contribution is 2.31. The fraction of sp³-hybridized carbons (Fsp3) is 0.0769. The van der Waals surface area contributed by atoms with Crippen LogP contribution < -0.4 is 5.73 Å². The Labute approximate surface area is 127 Å². The van der Waals surface area contributed by atoms with Crippen molar-refractivity contribution in [2.24, 2.45) is 0 Å². The van der Waals surface area contributed by atoms with E-state index in [-0.39, 0.29) is 5.69 Å². The van der Waals surface area contributed by atoms with Crippen LogP contribution in [0.25, 0.3) is 16.9 Å². The van der Waals surface area contributed by atoms with Gasteiger partial charge >= 0.3 is 0 Å². The zero-order chi connectivity index (χ0) is 15.1. The molecule has 0 amide bonds. The minimum absolute atomic E-state index is 0.0380. The molecule has 0 atom stereocenters. The van der Waals surface area contributed by atoms with Gasteiger partial charge in [-0.25, -0.2) is 9.97 Å². The minimum atomic E-state index is -0.436. The SMILES string of the molecule is Cc1cnc(N)n2c(Br)c(-c3ccc([N+](=O)[O-])cc3)nc12. The maximum absolute atomic E-state index is 10.7. The lowest BCUT2D eigenvalue weighted by Gasteiger charge is -2.01. The molecule has 0 saturated carbocycles. The maximum atomic E-state index is 10.7. The number of nitro benzene ring substituents is 1. The molecule has 3 rings (SSSR count). The Bertz CT molecular complexity index is 857. The third-order valence-corrected chi connectivity index (χ3v) is 3.88. The Morgan fingerprint density at radius 2 is 2.00 bits per heavy atom. The number of aromatic nitrogens is 3. The molecule has 21 heavy (non-hydrogen) atoms. The van der Waals surface area contributed by atoms with E-state index in [0.29, 0.717) is 21.9 Å². The number of anilines is 1. The number of halogens is 1. The Morgan fingerprint density at radius 3 is 2.57 bits per heavy atom. The number of nitro groups is 1. The van der Waals surface area contributed by atoms with Gasteiger partial charge in [-0.1, -0.05) is 0 Å². The normalized spacial score (nSPS) is 11.0.